The fourth-order valence-corrected chi connectivity index (χ4v) is 3.90. The van der Waals surface area contributed by atoms with Crippen LogP contribution in [0.25, 0.3) is 28.0 Å². The number of rotatable bonds is 3. The average Bonchev–Trinajstić information content (AvgIpc) is 3.08. The molecule has 3 aromatic rings. The minimum Gasteiger partial charge on any atom is -0.265 e. The van der Waals surface area contributed by atoms with Gasteiger partial charge in [-0.05, 0) is 64.7 Å². The molecule has 30 heavy (non-hydrogen) atoms. The Bertz CT molecular complexity index is 1420. The molecule has 0 spiro atoms. The van der Waals surface area contributed by atoms with Crippen LogP contribution in [0.1, 0.15) is 16.7 Å². The largest absolute Gasteiger partial charge is 0.301 e. The maximum Gasteiger partial charge on any atom is 0.301 e. The van der Waals surface area contributed by atoms with Crippen molar-refractivity contribution in [2.24, 2.45) is 0 Å². The molecule has 148 valence electrons. The van der Waals surface area contributed by atoms with E-state index >= 15 is 0 Å². The van der Waals surface area contributed by atoms with E-state index in [1.807, 2.05) is 73.1 Å². The normalized spacial score (nSPS) is 11.4. The van der Waals surface area contributed by atoms with Gasteiger partial charge in [-0.3, -0.25) is 9.48 Å². The lowest BCUT2D eigenvalue weighted by atomic mass is 10.1. The van der Waals surface area contributed by atoms with Gasteiger partial charge in [-0.15, -0.1) is 0 Å². The molecule has 0 saturated heterocycles. The maximum absolute atomic E-state index is 13.3. The fraction of sp³-hybridized carbons (Fsp3) is 0.130. The summed E-state index contributed by atoms with van der Waals surface area (Å²) in [5.41, 5.74) is 5.59. The summed E-state index contributed by atoms with van der Waals surface area (Å²) in [5.74, 6) is 0. The highest BCUT2D eigenvalue weighted by molar-refractivity contribution is 9.10. The number of benzene rings is 2. The van der Waals surface area contributed by atoms with Gasteiger partial charge in [-0.2, -0.15) is 14.9 Å². The van der Waals surface area contributed by atoms with Gasteiger partial charge in [0.2, 0.25) is 0 Å². The van der Waals surface area contributed by atoms with Crippen molar-refractivity contribution in [3.8, 4) is 17.1 Å². The molecule has 2 aromatic carbocycles. The lowest BCUT2D eigenvalue weighted by Gasteiger charge is -2.12. The number of hydrogen-bond acceptors (Lipinski definition) is 4. The molecule has 0 aliphatic carbocycles. The molecule has 0 saturated carbocycles. The Morgan fingerprint density at radius 3 is 2.57 bits per heavy atom. The topological polar surface area (TPSA) is 65.6 Å². The molecule has 1 aromatic heterocycles. The molecular weight excluding hydrogens is 442 g/mol. The van der Waals surface area contributed by atoms with Crippen LogP contribution in [0.3, 0.4) is 0 Å². The van der Waals surface area contributed by atoms with Crippen molar-refractivity contribution in [2.45, 2.75) is 20.4 Å². The summed E-state index contributed by atoms with van der Waals surface area (Å²) in [7, 11) is 0. The van der Waals surface area contributed by atoms with Crippen molar-refractivity contribution in [1.29, 1.82) is 0 Å². The molecule has 2 aliphatic rings. The van der Waals surface area contributed by atoms with Gasteiger partial charge in [0.25, 0.3) is 0 Å². The molecule has 0 unspecified atom stereocenters. The predicted octanol–water partition coefficient (Wildman–Crippen LogP) is 4.51. The van der Waals surface area contributed by atoms with Gasteiger partial charge in [0.15, 0.2) is 5.69 Å². The second-order valence-electron chi connectivity index (χ2n) is 7.30. The van der Waals surface area contributed by atoms with Gasteiger partial charge >= 0.3 is 5.56 Å². The third-order valence-corrected chi connectivity index (χ3v) is 5.87. The Kier molecular flexibility index (Phi) is 4.47. The number of para-hydroxylation sites is 1. The summed E-state index contributed by atoms with van der Waals surface area (Å²) < 4.78 is 4.10. The van der Waals surface area contributed by atoms with Gasteiger partial charge in [-0.1, -0.05) is 36.4 Å². The molecule has 0 bridgehead atoms. The molecule has 0 atom stereocenters. The third kappa shape index (κ3) is 3.02. The first kappa shape index (κ1) is 18.7. The summed E-state index contributed by atoms with van der Waals surface area (Å²) in [6.07, 6.45) is 1.80. The molecule has 3 heterocycles. The van der Waals surface area contributed by atoms with Gasteiger partial charge in [0.05, 0.1) is 17.7 Å². The van der Waals surface area contributed by atoms with E-state index in [1.165, 1.54) is 4.68 Å². The summed E-state index contributed by atoms with van der Waals surface area (Å²) in [5, 5.41) is 10.3. The van der Waals surface area contributed by atoms with Crippen molar-refractivity contribution in [2.75, 3.05) is 0 Å². The average molecular weight is 460 g/mol. The molecule has 0 amide bonds. The van der Waals surface area contributed by atoms with E-state index in [-0.39, 0.29) is 5.56 Å². The first-order valence-electron chi connectivity index (χ1n) is 9.58. The van der Waals surface area contributed by atoms with Crippen LogP contribution in [0, 0.1) is 13.8 Å². The van der Waals surface area contributed by atoms with Gasteiger partial charge in [-0.25, -0.2) is 4.98 Å². The van der Waals surface area contributed by atoms with E-state index in [0.717, 1.165) is 37.9 Å². The van der Waals surface area contributed by atoms with Crippen LogP contribution < -0.4 is 5.56 Å². The highest BCUT2D eigenvalue weighted by Gasteiger charge is 2.23. The van der Waals surface area contributed by atoms with E-state index in [0.29, 0.717) is 17.9 Å². The quantitative estimate of drug-likeness (QED) is 0.372. The predicted molar refractivity (Wildman–Crippen MR) is 120 cm³/mol. The Morgan fingerprint density at radius 2 is 1.77 bits per heavy atom. The minimum absolute atomic E-state index is 0.216. The summed E-state index contributed by atoms with van der Waals surface area (Å²) in [6, 6.07) is 17.7. The van der Waals surface area contributed by atoms with Crippen LogP contribution in [0.4, 0.5) is 0 Å². The highest BCUT2D eigenvalue weighted by atomic mass is 79.9. The maximum atomic E-state index is 13.3. The first-order chi connectivity index (χ1) is 14.5. The number of halogens is 1. The Labute approximate surface area is 181 Å². The van der Waals surface area contributed by atoms with E-state index < -0.39 is 0 Å². The SMILES string of the molecule is Cc1cccc(-n2nc3c4ccccc4n(Cc4ccc(Br)nc4)nc-3c2=O)c1C. The van der Waals surface area contributed by atoms with Crippen LogP contribution in [0.5, 0.6) is 0 Å². The smallest absolute Gasteiger partial charge is 0.265 e. The van der Waals surface area contributed by atoms with E-state index in [9.17, 15) is 4.79 Å². The summed E-state index contributed by atoms with van der Waals surface area (Å²) >= 11 is 3.36. The monoisotopic (exact) mass is 459 g/mol. The Balaban J connectivity index is 1.76. The summed E-state index contributed by atoms with van der Waals surface area (Å²) in [6.45, 7) is 4.54. The van der Waals surface area contributed by atoms with Crippen molar-refractivity contribution < 1.29 is 0 Å². The van der Waals surface area contributed by atoms with Crippen molar-refractivity contribution in [1.82, 2.24) is 24.5 Å². The lowest BCUT2D eigenvalue weighted by Crippen LogP contribution is -2.18. The van der Waals surface area contributed by atoms with Gasteiger partial charge < -0.3 is 0 Å². The number of hydrogen-bond donors (Lipinski definition) is 0. The number of nitrogens with zero attached hydrogens (tertiary/aromatic N) is 5. The second kappa shape index (κ2) is 7.18. The molecule has 0 N–H and O–H groups in total. The highest BCUT2D eigenvalue weighted by Crippen LogP contribution is 2.27. The van der Waals surface area contributed by atoms with E-state index in [1.54, 1.807) is 6.20 Å². The van der Waals surface area contributed by atoms with E-state index in [4.69, 9.17) is 5.10 Å². The zero-order valence-corrected chi connectivity index (χ0v) is 18.1. The zero-order valence-electron chi connectivity index (χ0n) is 16.5. The van der Waals surface area contributed by atoms with Crippen molar-refractivity contribution in [3.05, 3.63) is 92.4 Å². The van der Waals surface area contributed by atoms with Gasteiger partial charge in [0, 0.05) is 11.6 Å². The fourth-order valence-electron chi connectivity index (χ4n) is 3.66. The molecule has 0 fully saturated rings. The number of pyridine rings is 1. The summed E-state index contributed by atoms with van der Waals surface area (Å²) in [4.78, 5) is 17.6. The van der Waals surface area contributed by atoms with Crippen LogP contribution in [0.15, 0.2) is 70.2 Å². The third-order valence-electron chi connectivity index (χ3n) is 5.40. The molecule has 6 nitrogen and oxygen atoms in total. The Morgan fingerprint density at radius 1 is 0.933 bits per heavy atom. The second-order valence-corrected chi connectivity index (χ2v) is 8.11. The molecular formula is C23H18BrN5O. The number of aromatic nitrogens is 5. The van der Waals surface area contributed by atoms with Crippen LogP contribution in [-0.4, -0.2) is 24.5 Å². The molecule has 2 aliphatic heterocycles. The van der Waals surface area contributed by atoms with Crippen LogP contribution >= 0.6 is 15.9 Å². The van der Waals surface area contributed by atoms with Crippen molar-refractivity contribution >= 4 is 26.8 Å². The van der Waals surface area contributed by atoms with Crippen LogP contribution in [-0.2, 0) is 6.54 Å². The lowest BCUT2D eigenvalue weighted by molar-refractivity contribution is 0.697. The Hall–Kier alpha value is -3.32. The van der Waals surface area contributed by atoms with Crippen molar-refractivity contribution in [3.63, 3.8) is 0 Å². The molecule has 0 radical (unpaired) electrons. The standard InChI is InChI=1S/C23H18BrN5O/c1-14-6-5-9-18(15(14)2)29-23(30)22-21(27-29)17-7-3-4-8-19(17)28(26-22)13-16-10-11-20(24)25-12-16/h3-12H,13H2,1-2H3. The molecule has 5 rings (SSSR count). The molecule has 7 heteroatoms. The minimum atomic E-state index is -0.216. The zero-order chi connectivity index (χ0) is 20.8. The number of fused-ring (bicyclic) bond motifs is 3. The number of aryl methyl sites for hydroxylation is 1. The van der Waals surface area contributed by atoms with Crippen LogP contribution in [0.2, 0.25) is 0 Å². The van der Waals surface area contributed by atoms with Gasteiger partial charge in [0.1, 0.15) is 10.3 Å². The first-order valence-corrected chi connectivity index (χ1v) is 10.4. The van der Waals surface area contributed by atoms with E-state index in [2.05, 4.69) is 26.0 Å².